The molecule has 3 N–H and O–H groups in total. The van der Waals surface area contributed by atoms with Crippen molar-refractivity contribution < 1.29 is 9.90 Å². The number of aliphatic carboxylic acids is 1. The number of piperidine rings is 1. The molecule has 0 spiro atoms. The quantitative estimate of drug-likeness (QED) is 0.832. The van der Waals surface area contributed by atoms with Gasteiger partial charge in [0.1, 0.15) is 17.0 Å². The first-order valence-corrected chi connectivity index (χ1v) is 8.28. The highest BCUT2D eigenvalue weighted by Crippen LogP contribution is 2.35. The fraction of sp³-hybridized carbons (Fsp3) is 0.312. The van der Waals surface area contributed by atoms with Crippen molar-refractivity contribution in [1.29, 1.82) is 0 Å². The maximum Gasteiger partial charge on any atom is 0.306 e. The van der Waals surface area contributed by atoms with Gasteiger partial charge in [-0.3, -0.25) is 4.79 Å². The Hall–Kier alpha value is -2.28. The molecule has 0 saturated carbocycles. The fourth-order valence-electron chi connectivity index (χ4n) is 2.64. The number of hydrogen-bond acceptors (Lipinski definition) is 6. The van der Waals surface area contributed by atoms with Gasteiger partial charge in [-0.15, -0.1) is 0 Å². The van der Waals surface area contributed by atoms with Gasteiger partial charge in [0.15, 0.2) is 5.82 Å². The minimum Gasteiger partial charge on any atom is -0.481 e. The third-order valence-electron chi connectivity index (χ3n) is 3.93. The lowest BCUT2D eigenvalue weighted by atomic mass is 9.97. The third-order valence-corrected chi connectivity index (χ3v) is 4.95. The van der Waals surface area contributed by atoms with Crippen LogP contribution in [0.3, 0.4) is 0 Å². The van der Waals surface area contributed by atoms with E-state index >= 15 is 0 Å². The smallest absolute Gasteiger partial charge is 0.306 e. The van der Waals surface area contributed by atoms with Gasteiger partial charge in [-0.25, -0.2) is 9.97 Å². The minimum absolute atomic E-state index is 0.271. The van der Waals surface area contributed by atoms with Crippen LogP contribution in [0.15, 0.2) is 46.6 Å². The van der Waals surface area contributed by atoms with Crippen LogP contribution in [-0.2, 0) is 4.79 Å². The number of benzene rings is 1. The average Bonchev–Trinajstić information content (AvgIpc) is 2.58. The van der Waals surface area contributed by atoms with Crippen molar-refractivity contribution in [2.75, 3.05) is 23.7 Å². The zero-order chi connectivity index (χ0) is 16.2. The second kappa shape index (κ2) is 6.87. The van der Waals surface area contributed by atoms with Gasteiger partial charge in [0.25, 0.3) is 0 Å². The molecule has 1 aliphatic rings. The van der Waals surface area contributed by atoms with E-state index in [1.54, 1.807) is 0 Å². The number of carboxylic acids is 1. The number of carbonyl (C=O) groups is 1. The van der Waals surface area contributed by atoms with Gasteiger partial charge in [-0.1, -0.05) is 30.0 Å². The molecule has 7 heteroatoms. The van der Waals surface area contributed by atoms with E-state index < -0.39 is 5.97 Å². The Kier molecular flexibility index (Phi) is 4.66. The molecule has 2 aromatic rings. The van der Waals surface area contributed by atoms with Crippen molar-refractivity contribution in [1.82, 2.24) is 9.97 Å². The van der Waals surface area contributed by atoms with Gasteiger partial charge in [0.2, 0.25) is 0 Å². The molecule has 0 unspecified atom stereocenters. The highest BCUT2D eigenvalue weighted by atomic mass is 32.2. The Morgan fingerprint density at radius 2 is 1.91 bits per heavy atom. The van der Waals surface area contributed by atoms with E-state index in [9.17, 15) is 4.79 Å². The van der Waals surface area contributed by atoms with E-state index in [4.69, 9.17) is 10.8 Å². The summed E-state index contributed by atoms with van der Waals surface area (Å²) in [5.74, 6) is -0.296. The van der Waals surface area contributed by atoms with Crippen LogP contribution >= 0.6 is 11.8 Å². The molecule has 2 heterocycles. The molecule has 23 heavy (non-hydrogen) atoms. The van der Waals surface area contributed by atoms with Crippen LogP contribution in [0.1, 0.15) is 12.8 Å². The molecule has 1 aromatic heterocycles. The number of rotatable bonds is 4. The lowest BCUT2D eigenvalue weighted by Gasteiger charge is -2.31. The zero-order valence-electron chi connectivity index (χ0n) is 12.6. The zero-order valence-corrected chi connectivity index (χ0v) is 13.4. The summed E-state index contributed by atoms with van der Waals surface area (Å²) in [6, 6.07) is 9.91. The molecule has 1 fully saturated rings. The number of carboxylic acid groups (broad SMARTS) is 1. The highest BCUT2D eigenvalue weighted by Gasteiger charge is 2.26. The van der Waals surface area contributed by atoms with Gasteiger partial charge in [0.05, 0.1) is 5.92 Å². The molecule has 3 rings (SSSR count). The molecular weight excluding hydrogens is 312 g/mol. The average molecular weight is 330 g/mol. The molecule has 6 nitrogen and oxygen atoms in total. The third kappa shape index (κ3) is 3.56. The molecule has 0 atom stereocenters. The summed E-state index contributed by atoms with van der Waals surface area (Å²) in [6.07, 6.45) is 2.74. The summed E-state index contributed by atoms with van der Waals surface area (Å²) < 4.78 is 0. The lowest BCUT2D eigenvalue weighted by molar-refractivity contribution is -0.142. The Morgan fingerprint density at radius 3 is 2.57 bits per heavy atom. The molecule has 0 bridgehead atoms. The number of nitrogen functional groups attached to an aromatic ring is 1. The summed E-state index contributed by atoms with van der Waals surface area (Å²) >= 11 is 1.50. The highest BCUT2D eigenvalue weighted by molar-refractivity contribution is 7.99. The van der Waals surface area contributed by atoms with Gasteiger partial charge in [0, 0.05) is 18.0 Å². The number of nitrogens with zero attached hydrogens (tertiary/aromatic N) is 3. The van der Waals surface area contributed by atoms with E-state index in [0.717, 1.165) is 9.92 Å². The van der Waals surface area contributed by atoms with Gasteiger partial charge >= 0.3 is 5.97 Å². The molecule has 1 saturated heterocycles. The predicted molar refractivity (Wildman–Crippen MR) is 89.6 cm³/mol. The Bertz CT molecular complexity index is 688. The van der Waals surface area contributed by atoms with Crippen molar-refractivity contribution >= 4 is 29.2 Å². The maximum absolute atomic E-state index is 11.0. The van der Waals surface area contributed by atoms with Crippen LogP contribution in [0.25, 0.3) is 0 Å². The summed E-state index contributed by atoms with van der Waals surface area (Å²) in [5.41, 5.74) is 6.80. The van der Waals surface area contributed by atoms with E-state index in [1.807, 2.05) is 35.2 Å². The molecule has 0 amide bonds. The predicted octanol–water partition coefficient (Wildman–Crippen LogP) is 2.51. The molecular formula is C16H18N4O2S. The first-order valence-electron chi connectivity index (χ1n) is 7.46. The van der Waals surface area contributed by atoms with Gasteiger partial charge < -0.3 is 15.7 Å². The largest absolute Gasteiger partial charge is 0.481 e. The molecule has 0 aliphatic carbocycles. The normalized spacial score (nSPS) is 15.6. The van der Waals surface area contributed by atoms with Crippen molar-refractivity contribution in [3.05, 3.63) is 36.7 Å². The summed E-state index contributed by atoms with van der Waals surface area (Å²) in [6.45, 7) is 1.29. The number of anilines is 2. The summed E-state index contributed by atoms with van der Waals surface area (Å²) in [5, 5.41) is 9.81. The van der Waals surface area contributed by atoms with Crippen LogP contribution in [0.2, 0.25) is 0 Å². The summed E-state index contributed by atoms with van der Waals surface area (Å²) in [4.78, 5) is 22.7. The standard InChI is InChI=1S/C16H18N4O2S/c17-13-14(20-8-6-11(7-9-20)16(21)22)18-10-19-15(13)23-12-4-2-1-3-5-12/h1-5,10-11H,6-9,17H2,(H,21,22). The Balaban J connectivity index is 1.76. The molecule has 1 aromatic carbocycles. The Morgan fingerprint density at radius 1 is 1.22 bits per heavy atom. The molecule has 120 valence electrons. The Labute approximate surface area is 138 Å². The van der Waals surface area contributed by atoms with E-state index in [2.05, 4.69) is 9.97 Å². The first kappa shape index (κ1) is 15.6. The first-order chi connectivity index (χ1) is 11.1. The molecule has 0 radical (unpaired) electrons. The van der Waals surface area contributed by atoms with Gasteiger partial charge in [-0.05, 0) is 25.0 Å². The maximum atomic E-state index is 11.0. The monoisotopic (exact) mass is 330 g/mol. The van der Waals surface area contributed by atoms with Crippen LogP contribution in [-0.4, -0.2) is 34.1 Å². The van der Waals surface area contributed by atoms with Crippen LogP contribution in [0, 0.1) is 5.92 Å². The van der Waals surface area contributed by atoms with E-state index in [1.165, 1.54) is 18.1 Å². The van der Waals surface area contributed by atoms with Crippen molar-refractivity contribution in [2.24, 2.45) is 5.92 Å². The summed E-state index contributed by atoms with van der Waals surface area (Å²) in [7, 11) is 0. The van der Waals surface area contributed by atoms with Crippen molar-refractivity contribution in [2.45, 2.75) is 22.8 Å². The number of hydrogen-bond donors (Lipinski definition) is 2. The second-order valence-corrected chi connectivity index (χ2v) is 6.49. The minimum atomic E-state index is -0.722. The second-order valence-electron chi connectivity index (χ2n) is 5.43. The van der Waals surface area contributed by atoms with Crippen LogP contribution < -0.4 is 10.6 Å². The topological polar surface area (TPSA) is 92.3 Å². The SMILES string of the molecule is Nc1c(Sc2ccccc2)ncnc1N1CCC(C(=O)O)CC1. The lowest BCUT2D eigenvalue weighted by Crippen LogP contribution is -2.37. The van der Waals surface area contributed by atoms with Crippen molar-refractivity contribution in [3.63, 3.8) is 0 Å². The van der Waals surface area contributed by atoms with E-state index in [-0.39, 0.29) is 5.92 Å². The number of aromatic nitrogens is 2. The van der Waals surface area contributed by atoms with Gasteiger partial charge in [-0.2, -0.15) is 0 Å². The van der Waals surface area contributed by atoms with Crippen LogP contribution in [0.4, 0.5) is 11.5 Å². The fourth-order valence-corrected chi connectivity index (χ4v) is 3.46. The van der Waals surface area contributed by atoms with Crippen molar-refractivity contribution in [3.8, 4) is 0 Å². The van der Waals surface area contributed by atoms with Crippen LogP contribution in [0.5, 0.6) is 0 Å². The number of nitrogens with two attached hydrogens (primary N) is 1. The van der Waals surface area contributed by atoms with E-state index in [0.29, 0.717) is 37.4 Å². The molecule has 1 aliphatic heterocycles.